The maximum absolute atomic E-state index is 12.6. The molecule has 1 amide bonds. The van der Waals surface area contributed by atoms with Crippen LogP contribution in [0.1, 0.15) is 16.9 Å². The maximum Gasteiger partial charge on any atom is 0.222 e. The summed E-state index contributed by atoms with van der Waals surface area (Å²) in [5.74, 6) is 0.228. The van der Waals surface area contributed by atoms with Crippen molar-refractivity contribution in [1.82, 2.24) is 19.6 Å². The van der Waals surface area contributed by atoms with Crippen LogP contribution in [-0.4, -0.2) is 51.7 Å². The minimum Gasteiger partial charge on any atom is -0.340 e. The molecule has 146 valence electrons. The van der Waals surface area contributed by atoms with Crippen molar-refractivity contribution in [2.24, 2.45) is 0 Å². The molecule has 0 N–H and O–H groups in total. The number of carbonyl (C=O) groups is 1. The molecule has 28 heavy (non-hydrogen) atoms. The van der Waals surface area contributed by atoms with Gasteiger partial charge in [-0.25, -0.2) is 4.68 Å². The number of para-hydroxylation sites is 1. The monoisotopic (exact) mass is 414 g/mol. The van der Waals surface area contributed by atoms with Crippen LogP contribution in [0.4, 0.5) is 0 Å². The van der Waals surface area contributed by atoms with Gasteiger partial charge in [-0.15, -0.1) is 11.3 Å². The van der Waals surface area contributed by atoms with E-state index in [0.717, 1.165) is 54.7 Å². The lowest BCUT2D eigenvalue weighted by Crippen LogP contribution is -2.48. The Kier molecular flexibility index (Phi) is 6.10. The summed E-state index contributed by atoms with van der Waals surface area (Å²) in [6.45, 7) is 4.32. The molecule has 0 radical (unpaired) electrons. The fraction of sp³-hybridized carbons (Fsp3) is 0.333. The van der Waals surface area contributed by atoms with Gasteiger partial charge < -0.3 is 4.90 Å². The number of aromatic nitrogens is 2. The Morgan fingerprint density at radius 1 is 1.07 bits per heavy atom. The minimum absolute atomic E-state index is 0.228. The number of thiophene rings is 1. The van der Waals surface area contributed by atoms with Gasteiger partial charge in [-0.2, -0.15) is 5.10 Å². The van der Waals surface area contributed by atoms with Crippen LogP contribution >= 0.6 is 22.9 Å². The number of amides is 1. The predicted molar refractivity (Wildman–Crippen MR) is 113 cm³/mol. The molecule has 0 saturated carbocycles. The Morgan fingerprint density at radius 2 is 1.86 bits per heavy atom. The Hall–Kier alpha value is -2.15. The lowest BCUT2D eigenvalue weighted by Gasteiger charge is -2.34. The number of rotatable bonds is 6. The Balaban J connectivity index is 1.23. The van der Waals surface area contributed by atoms with Crippen molar-refractivity contribution in [3.05, 3.63) is 69.6 Å². The fourth-order valence-electron chi connectivity index (χ4n) is 3.43. The standard InChI is InChI=1S/C21H23ClN4OS/c22-20-8-7-19(28-20)16-24-10-12-25(13-11-24)21(27)9-6-17-14-23-26(15-17)18-4-2-1-3-5-18/h1-5,7-8,14-15H,6,9-13,16H2. The van der Waals surface area contributed by atoms with Gasteiger partial charge in [0.1, 0.15) is 0 Å². The number of nitrogens with zero attached hydrogens (tertiary/aromatic N) is 4. The van der Waals surface area contributed by atoms with Gasteiger partial charge in [-0.3, -0.25) is 9.69 Å². The SMILES string of the molecule is O=C(CCc1cnn(-c2ccccc2)c1)N1CCN(Cc2ccc(Cl)s2)CC1. The van der Waals surface area contributed by atoms with Crippen molar-refractivity contribution < 1.29 is 4.79 Å². The lowest BCUT2D eigenvalue weighted by atomic mass is 10.1. The highest BCUT2D eigenvalue weighted by Gasteiger charge is 2.21. The summed E-state index contributed by atoms with van der Waals surface area (Å²) in [6, 6.07) is 14.0. The van der Waals surface area contributed by atoms with Gasteiger partial charge in [0.15, 0.2) is 0 Å². The van der Waals surface area contributed by atoms with Gasteiger partial charge in [-0.05, 0) is 36.2 Å². The van der Waals surface area contributed by atoms with E-state index in [9.17, 15) is 4.79 Å². The van der Waals surface area contributed by atoms with Crippen LogP contribution < -0.4 is 0 Å². The van der Waals surface area contributed by atoms with Crippen LogP contribution in [-0.2, 0) is 17.8 Å². The first kappa shape index (κ1) is 19.2. The van der Waals surface area contributed by atoms with Crippen molar-refractivity contribution >= 4 is 28.8 Å². The van der Waals surface area contributed by atoms with Gasteiger partial charge in [0.25, 0.3) is 0 Å². The van der Waals surface area contributed by atoms with Gasteiger partial charge in [0.05, 0.1) is 16.2 Å². The number of hydrogen-bond acceptors (Lipinski definition) is 4. The molecular formula is C21H23ClN4OS. The van der Waals surface area contributed by atoms with E-state index >= 15 is 0 Å². The second-order valence-electron chi connectivity index (χ2n) is 6.99. The molecule has 0 atom stereocenters. The molecule has 0 spiro atoms. The van der Waals surface area contributed by atoms with E-state index in [0.29, 0.717) is 6.42 Å². The van der Waals surface area contributed by atoms with E-state index in [4.69, 9.17) is 11.6 Å². The molecule has 7 heteroatoms. The van der Waals surface area contributed by atoms with Crippen molar-refractivity contribution in [1.29, 1.82) is 0 Å². The van der Waals surface area contributed by atoms with E-state index < -0.39 is 0 Å². The number of halogens is 1. The van der Waals surface area contributed by atoms with E-state index in [1.54, 1.807) is 11.3 Å². The minimum atomic E-state index is 0.228. The van der Waals surface area contributed by atoms with Gasteiger partial charge >= 0.3 is 0 Å². The Labute approximate surface area is 174 Å². The third-order valence-corrected chi connectivity index (χ3v) is 6.23. The van der Waals surface area contributed by atoms with E-state index in [1.165, 1.54) is 4.88 Å². The quantitative estimate of drug-likeness (QED) is 0.615. The normalized spacial score (nSPS) is 15.1. The second-order valence-corrected chi connectivity index (χ2v) is 8.79. The number of aryl methyl sites for hydroxylation is 1. The number of carbonyl (C=O) groups excluding carboxylic acids is 1. The topological polar surface area (TPSA) is 41.4 Å². The molecular weight excluding hydrogens is 392 g/mol. The molecule has 3 heterocycles. The Morgan fingerprint density at radius 3 is 2.57 bits per heavy atom. The van der Waals surface area contributed by atoms with Crippen LogP contribution in [0.25, 0.3) is 5.69 Å². The summed E-state index contributed by atoms with van der Waals surface area (Å²) in [6.07, 6.45) is 5.11. The molecule has 2 aromatic heterocycles. The summed E-state index contributed by atoms with van der Waals surface area (Å²) in [4.78, 5) is 18.2. The van der Waals surface area contributed by atoms with Crippen LogP contribution in [0, 0.1) is 0 Å². The molecule has 3 aromatic rings. The average molecular weight is 415 g/mol. The van der Waals surface area contributed by atoms with Gasteiger partial charge in [-0.1, -0.05) is 29.8 Å². The molecule has 0 aliphatic carbocycles. The van der Waals surface area contributed by atoms with Crippen LogP contribution in [0.2, 0.25) is 4.34 Å². The molecule has 1 aliphatic rings. The maximum atomic E-state index is 12.6. The number of piperazine rings is 1. The first-order chi connectivity index (χ1) is 13.7. The second kappa shape index (κ2) is 8.90. The molecule has 4 rings (SSSR count). The molecule has 1 aromatic carbocycles. The van der Waals surface area contributed by atoms with Crippen molar-refractivity contribution in [2.45, 2.75) is 19.4 Å². The largest absolute Gasteiger partial charge is 0.340 e. The average Bonchev–Trinajstić information content (AvgIpc) is 3.36. The summed E-state index contributed by atoms with van der Waals surface area (Å²) in [5.41, 5.74) is 2.12. The van der Waals surface area contributed by atoms with Crippen LogP contribution in [0.3, 0.4) is 0 Å². The highest BCUT2D eigenvalue weighted by molar-refractivity contribution is 7.16. The first-order valence-electron chi connectivity index (χ1n) is 9.51. The first-order valence-corrected chi connectivity index (χ1v) is 10.7. The van der Waals surface area contributed by atoms with E-state index in [1.807, 2.05) is 58.4 Å². The summed E-state index contributed by atoms with van der Waals surface area (Å²) in [5, 5.41) is 4.41. The molecule has 0 bridgehead atoms. The third-order valence-electron chi connectivity index (χ3n) is 5.02. The zero-order valence-corrected chi connectivity index (χ0v) is 17.2. The van der Waals surface area contributed by atoms with Crippen molar-refractivity contribution in [3.63, 3.8) is 0 Å². The number of benzene rings is 1. The van der Waals surface area contributed by atoms with Crippen molar-refractivity contribution in [2.75, 3.05) is 26.2 Å². The summed E-state index contributed by atoms with van der Waals surface area (Å²) >= 11 is 7.64. The zero-order chi connectivity index (χ0) is 19.3. The molecule has 5 nitrogen and oxygen atoms in total. The molecule has 1 aliphatic heterocycles. The third kappa shape index (κ3) is 4.82. The molecule has 1 fully saturated rings. The highest BCUT2D eigenvalue weighted by atomic mass is 35.5. The fourth-order valence-corrected chi connectivity index (χ4v) is 4.56. The smallest absolute Gasteiger partial charge is 0.222 e. The van der Waals surface area contributed by atoms with Crippen LogP contribution in [0.15, 0.2) is 54.9 Å². The predicted octanol–water partition coefficient (Wildman–Crippen LogP) is 3.86. The van der Waals surface area contributed by atoms with Gasteiger partial charge in [0.2, 0.25) is 5.91 Å². The molecule has 1 saturated heterocycles. The van der Waals surface area contributed by atoms with Gasteiger partial charge in [0, 0.05) is 50.2 Å². The summed E-state index contributed by atoms with van der Waals surface area (Å²) < 4.78 is 2.69. The van der Waals surface area contributed by atoms with E-state index in [2.05, 4.69) is 16.1 Å². The zero-order valence-electron chi connectivity index (χ0n) is 15.6. The number of hydrogen-bond donors (Lipinski definition) is 0. The van der Waals surface area contributed by atoms with Crippen LogP contribution in [0.5, 0.6) is 0 Å². The van der Waals surface area contributed by atoms with Crippen molar-refractivity contribution in [3.8, 4) is 5.69 Å². The lowest BCUT2D eigenvalue weighted by molar-refractivity contribution is -0.132. The summed E-state index contributed by atoms with van der Waals surface area (Å²) in [7, 11) is 0. The highest BCUT2D eigenvalue weighted by Crippen LogP contribution is 2.23. The van der Waals surface area contributed by atoms with E-state index in [-0.39, 0.29) is 5.91 Å². The Bertz CT molecular complexity index is 915. The molecule has 0 unspecified atom stereocenters.